The van der Waals surface area contributed by atoms with Crippen LogP contribution in [-0.4, -0.2) is 48.9 Å². The fraction of sp³-hybridized carbons (Fsp3) is 0.300. The smallest absolute Gasteiger partial charge is 0.260 e. The molecule has 0 bridgehead atoms. The van der Waals surface area contributed by atoms with E-state index in [0.717, 1.165) is 11.3 Å². The summed E-state index contributed by atoms with van der Waals surface area (Å²) in [5.41, 5.74) is 2.48. The minimum atomic E-state index is -0.149. The molecule has 0 aromatic heterocycles. The monoisotopic (exact) mass is 499 g/mol. The number of carbonyl (C=O) groups is 3. The molecule has 7 heteroatoms. The second-order valence-electron chi connectivity index (χ2n) is 9.09. The van der Waals surface area contributed by atoms with Crippen LogP contribution in [0.15, 0.2) is 84.9 Å². The summed E-state index contributed by atoms with van der Waals surface area (Å²) in [5.74, 6) is 0.434. The van der Waals surface area contributed by atoms with E-state index in [1.807, 2.05) is 91.9 Å². The first-order valence-electron chi connectivity index (χ1n) is 12.7. The van der Waals surface area contributed by atoms with E-state index in [-0.39, 0.29) is 36.7 Å². The summed E-state index contributed by atoms with van der Waals surface area (Å²) in [7, 11) is 0. The van der Waals surface area contributed by atoms with Crippen LogP contribution in [0.2, 0.25) is 0 Å². The molecule has 1 aliphatic heterocycles. The zero-order valence-electron chi connectivity index (χ0n) is 21.1. The Hall–Kier alpha value is -4.13. The highest BCUT2D eigenvalue weighted by atomic mass is 16.5. The van der Waals surface area contributed by atoms with Gasteiger partial charge < -0.3 is 19.9 Å². The van der Waals surface area contributed by atoms with Crippen molar-refractivity contribution in [2.24, 2.45) is 5.92 Å². The fourth-order valence-electron chi connectivity index (χ4n) is 4.48. The molecule has 37 heavy (non-hydrogen) atoms. The van der Waals surface area contributed by atoms with Crippen LogP contribution in [0.1, 0.15) is 25.3 Å². The SMILES string of the molecule is CCN(C(=O)Cc1ccc(NC(=O)C2CCN(C(=O)COc3ccccc3)CC2)cc1)c1ccccc1. The molecule has 7 nitrogen and oxygen atoms in total. The zero-order chi connectivity index (χ0) is 26.0. The maximum absolute atomic E-state index is 12.8. The summed E-state index contributed by atoms with van der Waals surface area (Å²) >= 11 is 0. The van der Waals surface area contributed by atoms with E-state index in [1.54, 1.807) is 9.80 Å². The van der Waals surface area contributed by atoms with Crippen molar-refractivity contribution in [3.8, 4) is 5.75 Å². The Morgan fingerprint density at radius 2 is 1.51 bits per heavy atom. The van der Waals surface area contributed by atoms with E-state index in [1.165, 1.54) is 0 Å². The first-order valence-corrected chi connectivity index (χ1v) is 12.7. The van der Waals surface area contributed by atoms with Gasteiger partial charge in [0.25, 0.3) is 5.91 Å². The Labute approximate surface area is 218 Å². The van der Waals surface area contributed by atoms with Gasteiger partial charge in [0.15, 0.2) is 6.61 Å². The predicted molar refractivity (Wildman–Crippen MR) is 144 cm³/mol. The molecule has 0 radical (unpaired) electrons. The minimum Gasteiger partial charge on any atom is -0.484 e. The highest BCUT2D eigenvalue weighted by molar-refractivity contribution is 5.95. The van der Waals surface area contributed by atoms with Crippen LogP contribution < -0.4 is 15.0 Å². The molecule has 1 saturated heterocycles. The van der Waals surface area contributed by atoms with E-state index >= 15 is 0 Å². The number of nitrogens with one attached hydrogen (secondary N) is 1. The Morgan fingerprint density at radius 3 is 2.14 bits per heavy atom. The highest BCUT2D eigenvalue weighted by Crippen LogP contribution is 2.21. The van der Waals surface area contributed by atoms with Crippen LogP contribution in [0, 0.1) is 5.92 Å². The van der Waals surface area contributed by atoms with Crippen molar-refractivity contribution in [1.29, 1.82) is 0 Å². The molecule has 3 aromatic rings. The maximum atomic E-state index is 12.8. The molecular weight excluding hydrogens is 466 g/mol. The quantitative estimate of drug-likeness (QED) is 0.469. The lowest BCUT2D eigenvalue weighted by atomic mass is 9.95. The Morgan fingerprint density at radius 1 is 0.892 bits per heavy atom. The molecule has 0 unspecified atom stereocenters. The minimum absolute atomic E-state index is 0.00288. The van der Waals surface area contributed by atoms with Crippen molar-refractivity contribution in [2.45, 2.75) is 26.2 Å². The normalized spacial score (nSPS) is 13.6. The second-order valence-corrected chi connectivity index (χ2v) is 9.09. The molecule has 3 aromatic carbocycles. The maximum Gasteiger partial charge on any atom is 0.260 e. The fourth-order valence-corrected chi connectivity index (χ4v) is 4.48. The number of benzene rings is 3. The predicted octanol–water partition coefficient (Wildman–Crippen LogP) is 4.54. The van der Waals surface area contributed by atoms with Crippen molar-refractivity contribution in [3.05, 3.63) is 90.5 Å². The van der Waals surface area contributed by atoms with Gasteiger partial charge in [-0.1, -0.05) is 48.5 Å². The molecule has 0 atom stereocenters. The topological polar surface area (TPSA) is 79.0 Å². The number of rotatable bonds is 9. The zero-order valence-corrected chi connectivity index (χ0v) is 21.1. The Bertz CT molecular complexity index is 1170. The standard InChI is InChI=1S/C30H33N3O4/c1-2-33(26-9-5-3-6-10-26)28(34)21-23-13-15-25(16-14-23)31-30(36)24-17-19-32(20-18-24)29(35)22-37-27-11-7-4-8-12-27/h3-16,24H,2,17-22H2,1H3,(H,31,36). The summed E-state index contributed by atoms with van der Waals surface area (Å²) < 4.78 is 5.56. The number of hydrogen-bond donors (Lipinski definition) is 1. The van der Waals surface area contributed by atoms with Gasteiger partial charge in [-0.05, 0) is 61.7 Å². The van der Waals surface area contributed by atoms with Gasteiger partial charge in [0, 0.05) is 36.9 Å². The van der Waals surface area contributed by atoms with Crippen molar-refractivity contribution in [2.75, 3.05) is 36.5 Å². The molecule has 1 fully saturated rings. The summed E-state index contributed by atoms with van der Waals surface area (Å²) in [6, 6.07) is 26.3. The lowest BCUT2D eigenvalue weighted by Gasteiger charge is -2.31. The highest BCUT2D eigenvalue weighted by Gasteiger charge is 2.27. The van der Waals surface area contributed by atoms with Crippen LogP contribution in [0.4, 0.5) is 11.4 Å². The van der Waals surface area contributed by atoms with Crippen molar-refractivity contribution in [1.82, 2.24) is 4.90 Å². The molecule has 192 valence electrons. The van der Waals surface area contributed by atoms with Crippen LogP contribution in [0.3, 0.4) is 0 Å². The van der Waals surface area contributed by atoms with E-state index < -0.39 is 0 Å². The number of likely N-dealkylation sites (N-methyl/N-ethyl adjacent to an activating group) is 1. The van der Waals surface area contributed by atoms with Crippen LogP contribution in [0.25, 0.3) is 0 Å². The molecular formula is C30H33N3O4. The van der Waals surface area contributed by atoms with Crippen molar-refractivity contribution in [3.63, 3.8) is 0 Å². The molecule has 1 heterocycles. The lowest BCUT2D eigenvalue weighted by Crippen LogP contribution is -2.43. The van der Waals surface area contributed by atoms with E-state index in [2.05, 4.69) is 5.32 Å². The average Bonchev–Trinajstić information content (AvgIpc) is 2.94. The number of nitrogens with zero attached hydrogens (tertiary/aromatic N) is 2. The summed E-state index contributed by atoms with van der Waals surface area (Å²) in [4.78, 5) is 41.6. The number of anilines is 2. The lowest BCUT2D eigenvalue weighted by molar-refractivity contribution is -0.136. The van der Waals surface area contributed by atoms with Gasteiger partial charge in [0.1, 0.15) is 5.75 Å². The van der Waals surface area contributed by atoms with E-state index in [4.69, 9.17) is 4.74 Å². The molecule has 4 rings (SSSR count). The summed E-state index contributed by atoms with van der Waals surface area (Å²) in [6.07, 6.45) is 1.51. The van der Waals surface area contributed by atoms with Gasteiger partial charge >= 0.3 is 0 Å². The average molecular weight is 500 g/mol. The third-order valence-electron chi connectivity index (χ3n) is 6.59. The van der Waals surface area contributed by atoms with Crippen LogP contribution in [-0.2, 0) is 20.8 Å². The third-order valence-corrected chi connectivity index (χ3v) is 6.59. The van der Waals surface area contributed by atoms with Gasteiger partial charge in [-0.3, -0.25) is 14.4 Å². The van der Waals surface area contributed by atoms with E-state index in [0.29, 0.717) is 43.9 Å². The first-order chi connectivity index (χ1) is 18.0. The number of piperidine rings is 1. The molecule has 1 N–H and O–H groups in total. The summed E-state index contributed by atoms with van der Waals surface area (Å²) in [5, 5.41) is 2.98. The van der Waals surface area contributed by atoms with Gasteiger partial charge in [0.2, 0.25) is 11.8 Å². The number of amides is 3. The number of likely N-dealkylation sites (tertiary alicyclic amines) is 1. The molecule has 1 aliphatic rings. The molecule has 0 saturated carbocycles. The van der Waals surface area contributed by atoms with Crippen LogP contribution in [0.5, 0.6) is 5.75 Å². The number of hydrogen-bond acceptors (Lipinski definition) is 4. The summed E-state index contributed by atoms with van der Waals surface area (Å²) in [6.45, 7) is 3.62. The largest absolute Gasteiger partial charge is 0.484 e. The van der Waals surface area contributed by atoms with Crippen molar-refractivity contribution >= 4 is 29.1 Å². The number of ether oxygens (including phenoxy) is 1. The Balaban J connectivity index is 1.22. The van der Waals surface area contributed by atoms with Gasteiger partial charge in [-0.2, -0.15) is 0 Å². The second kappa shape index (κ2) is 12.7. The first kappa shape index (κ1) is 25.9. The number of para-hydroxylation sites is 2. The van der Waals surface area contributed by atoms with Gasteiger partial charge in [0.05, 0.1) is 6.42 Å². The van der Waals surface area contributed by atoms with Gasteiger partial charge in [-0.15, -0.1) is 0 Å². The third kappa shape index (κ3) is 7.19. The number of carbonyl (C=O) groups excluding carboxylic acids is 3. The van der Waals surface area contributed by atoms with E-state index in [9.17, 15) is 14.4 Å². The van der Waals surface area contributed by atoms with Crippen LogP contribution >= 0.6 is 0 Å². The Kier molecular flexibility index (Phi) is 8.92. The molecule has 0 aliphatic carbocycles. The van der Waals surface area contributed by atoms with Gasteiger partial charge in [-0.25, -0.2) is 0 Å². The molecule has 3 amide bonds. The van der Waals surface area contributed by atoms with Crippen molar-refractivity contribution < 1.29 is 19.1 Å². The molecule has 0 spiro atoms.